The van der Waals surface area contributed by atoms with Crippen LogP contribution >= 0.6 is 0 Å². The molecule has 0 radical (unpaired) electrons. The fourth-order valence-corrected chi connectivity index (χ4v) is 1.10. The van der Waals surface area contributed by atoms with Crippen LogP contribution in [0.5, 0.6) is 5.75 Å². The number of carboxylic acids is 1. The van der Waals surface area contributed by atoms with E-state index in [0.717, 1.165) is 12.1 Å². The largest absolute Gasteiger partial charge is 0.573 e. The molecule has 4 nitrogen and oxygen atoms in total. The molecule has 8 heteroatoms. The first kappa shape index (κ1) is 13.2. The first-order valence-electron chi connectivity index (χ1n) is 4.23. The maximum absolute atomic E-state index is 12.9. The molecule has 0 fully saturated rings. The molecule has 0 aromatic heterocycles. The minimum atomic E-state index is -4.99. The molecule has 0 spiro atoms. The second-order valence-electron chi connectivity index (χ2n) is 3.08. The van der Waals surface area contributed by atoms with Gasteiger partial charge in [-0.3, -0.25) is 4.79 Å². The third-order valence-electron chi connectivity index (χ3n) is 1.75. The summed E-state index contributed by atoms with van der Waals surface area (Å²) >= 11 is 0. The van der Waals surface area contributed by atoms with Crippen molar-refractivity contribution in [2.24, 2.45) is 5.73 Å². The lowest BCUT2D eigenvalue weighted by Gasteiger charge is -2.12. The first-order chi connectivity index (χ1) is 7.69. The fraction of sp³-hybridized carbons (Fsp3) is 0.222. The number of nitrogens with two attached hydrogens (primary N) is 1. The van der Waals surface area contributed by atoms with Crippen LogP contribution in [0.2, 0.25) is 0 Å². The van der Waals surface area contributed by atoms with Crippen LogP contribution in [-0.4, -0.2) is 17.4 Å². The maximum Gasteiger partial charge on any atom is 0.573 e. The molecule has 94 valence electrons. The van der Waals surface area contributed by atoms with Crippen LogP contribution in [-0.2, 0) is 4.79 Å². The summed E-state index contributed by atoms with van der Waals surface area (Å²) in [4.78, 5) is 10.5. The zero-order chi connectivity index (χ0) is 13.2. The van der Waals surface area contributed by atoms with Crippen molar-refractivity contribution in [2.75, 3.05) is 0 Å². The predicted octanol–water partition coefficient (Wildman–Crippen LogP) is 1.81. The second kappa shape index (κ2) is 4.58. The van der Waals surface area contributed by atoms with Crippen molar-refractivity contribution in [1.29, 1.82) is 0 Å². The van der Waals surface area contributed by atoms with Gasteiger partial charge in [0.05, 0.1) is 0 Å². The van der Waals surface area contributed by atoms with Gasteiger partial charge in [0.15, 0.2) is 0 Å². The molecule has 0 aliphatic carbocycles. The van der Waals surface area contributed by atoms with Gasteiger partial charge in [0.25, 0.3) is 0 Å². The molecule has 17 heavy (non-hydrogen) atoms. The molecular formula is C9H7F4NO3. The molecule has 3 N–H and O–H groups in total. The Kier molecular flexibility index (Phi) is 3.56. The Labute approximate surface area is 92.6 Å². The van der Waals surface area contributed by atoms with Crippen molar-refractivity contribution in [3.63, 3.8) is 0 Å². The van der Waals surface area contributed by atoms with E-state index < -0.39 is 29.9 Å². The van der Waals surface area contributed by atoms with Crippen LogP contribution in [0.4, 0.5) is 17.6 Å². The van der Waals surface area contributed by atoms with E-state index in [1.165, 1.54) is 0 Å². The number of halogens is 4. The summed E-state index contributed by atoms with van der Waals surface area (Å²) in [5.74, 6) is -3.42. The number of carboxylic acid groups (broad SMARTS) is 1. The monoisotopic (exact) mass is 253 g/mol. The van der Waals surface area contributed by atoms with Gasteiger partial charge in [0, 0.05) is 6.07 Å². The summed E-state index contributed by atoms with van der Waals surface area (Å²) in [6.07, 6.45) is -4.99. The molecule has 0 amide bonds. The lowest BCUT2D eigenvalue weighted by molar-refractivity contribution is -0.274. The van der Waals surface area contributed by atoms with Gasteiger partial charge < -0.3 is 15.6 Å². The maximum atomic E-state index is 12.9. The van der Waals surface area contributed by atoms with Crippen molar-refractivity contribution in [2.45, 2.75) is 12.4 Å². The molecule has 1 aromatic carbocycles. The van der Waals surface area contributed by atoms with Gasteiger partial charge in [-0.25, -0.2) is 4.39 Å². The van der Waals surface area contributed by atoms with Gasteiger partial charge in [-0.1, -0.05) is 0 Å². The third kappa shape index (κ3) is 3.91. The van der Waals surface area contributed by atoms with E-state index in [-0.39, 0.29) is 5.56 Å². The predicted molar refractivity (Wildman–Crippen MR) is 47.6 cm³/mol. The van der Waals surface area contributed by atoms with Crippen LogP contribution in [0, 0.1) is 5.82 Å². The van der Waals surface area contributed by atoms with E-state index in [1.54, 1.807) is 0 Å². The minimum absolute atomic E-state index is 0.322. The zero-order valence-corrected chi connectivity index (χ0v) is 8.16. The second-order valence-corrected chi connectivity index (χ2v) is 3.08. The van der Waals surface area contributed by atoms with Crippen molar-refractivity contribution in [1.82, 2.24) is 0 Å². The zero-order valence-electron chi connectivity index (χ0n) is 8.16. The Morgan fingerprint density at radius 1 is 1.35 bits per heavy atom. The van der Waals surface area contributed by atoms with E-state index >= 15 is 0 Å². The molecule has 0 aliphatic rings. The fourth-order valence-electron chi connectivity index (χ4n) is 1.10. The average Bonchev–Trinajstić information content (AvgIpc) is 2.12. The topological polar surface area (TPSA) is 72.6 Å². The highest BCUT2D eigenvalue weighted by molar-refractivity contribution is 5.75. The Hall–Kier alpha value is -1.83. The lowest BCUT2D eigenvalue weighted by atomic mass is 10.1. The number of alkyl halides is 3. The minimum Gasteiger partial charge on any atom is -0.480 e. The van der Waals surface area contributed by atoms with Crippen LogP contribution in [0.25, 0.3) is 0 Å². The SMILES string of the molecule is NC(C(=O)O)c1cc(F)cc(OC(F)(F)F)c1. The van der Waals surface area contributed by atoms with Gasteiger partial charge in [0.2, 0.25) is 0 Å². The first-order valence-corrected chi connectivity index (χ1v) is 4.23. The number of ether oxygens (including phenoxy) is 1. The molecule has 1 rings (SSSR count). The Morgan fingerprint density at radius 3 is 2.41 bits per heavy atom. The number of benzene rings is 1. The third-order valence-corrected chi connectivity index (χ3v) is 1.75. The Bertz CT molecular complexity index is 433. The molecule has 0 heterocycles. The molecule has 0 saturated carbocycles. The Morgan fingerprint density at radius 2 is 1.94 bits per heavy atom. The highest BCUT2D eigenvalue weighted by Gasteiger charge is 2.31. The highest BCUT2D eigenvalue weighted by atomic mass is 19.4. The van der Waals surface area contributed by atoms with E-state index in [2.05, 4.69) is 4.74 Å². The highest BCUT2D eigenvalue weighted by Crippen LogP contribution is 2.26. The van der Waals surface area contributed by atoms with E-state index in [4.69, 9.17) is 10.8 Å². The molecular weight excluding hydrogens is 246 g/mol. The molecule has 0 bridgehead atoms. The summed E-state index contributed by atoms with van der Waals surface area (Å²) in [7, 11) is 0. The van der Waals surface area contributed by atoms with Gasteiger partial charge in [-0.15, -0.1) is 13.2 Å². The van der Waals surface area contributed by atoms with Gasteiger partial charge in [-0.2, -0.15) is 0 Å². The number of rotatable bonds is 3. The quantitative estimate of drug-likeness (QED) is 0.806. The van der Waals surface area contributed by atoms with Crippen molar-refractivity contribution in [3.05, 3.63) is 29.6 Å². The van der Waals surface area contributed by atoms with Crippen LogP contribution in [0.3, 0.4) is 0 Å². The lowest BCUT2D eigenvalue weighted by Crippen LogP contribution is -2.22. The van der Waals surface area contributed by atoms with Gasteiger partial charge in [-0.05, 0) is 17.7 Å². The molecule has 1 unspecified atom stereocenters. The molecule has 0 saturated heterocycles. The summed E-state index contributed by atoms with van der Waals surface area (Å²) in [6, 6.07) is 0.296. The molecule has 0 aliphatic heterocycles. The van der Waals surface area contributed by atoms with Crippen LogP contribution < -0.4 is 10.5 Å². The van der Waals surface area contributed by atoms with E-state index in [1.807, 2.05) is 0 Å². The van der Waals surface area contributed by atoms with Crippen LogP contribution in [0.15, 0.2) is 18.2 Å². The average molecular weight is 253 g/mol. The molecule has 1 aromatic rings. The normalized spacial score (nSPS) is 13.2. The van der Waals surface area contributed by atoms with Crippen molar-refractivity contribution in [3.8, 4) is 5.75 Å². The summed E-state index contributed by atoms with van der Waals surface area (Å²) in [6.45, 7) is 0. The molecule has 1 atom stereocenters. The van der Waals surface area contributed by atoms with Crippen molar-refractivity contribution < 1.29 is 32.2 Å². The van der Waals surface area contributed by atoms with E-state index in [0.29, 0.717) is 6.07 Å². The number of aliphatic carboxylic acids is 1. The summed E-state index contributed by atoms with van der Waals surface area (Å²) in [5, 5.41) is 8.54. The van der Waals surface area contributed by atoms with Gasteiger partial charge >= 0.3 is 12.3 Å². The van der Waals surface area contributed by atoms with E-state index in [9.17, 15) is 22.4 Å². The summed E-state index contributed by atoms with van der Waals surface area (Å²) < 4.78 is 52.0. The number of hydrogen-bond donors (Lipinski definition) is 2. The Balaban J connectivity index is 3.06. The van der Waals surface area contributed by atoms with Gasteiger partial charge in [0.1, 0.15) is 17.6 Å². The number of hydrogen-bond acceptors (Lipinski definition) is 3. The smallest absolute Gasteiger partial charge is 0.480 e. The number of carbonyl (C=O) groups is 1. The van der Waals surface area contributed by atoms with Crippen molar-refractivity contribution >= 4 is 5.97 Å². The standard InChI is InChI=1S/C9H7F4NO3/c10-5-1-4(7(14)8(15)16)2-6(3-5)17-9(11,12)13/h1-3,7H,14H2,(H,15,16). The van der Waals surface area contributed by atoms with Crippen LogP contribution in [0.1, 0.15) is 11.6 Å². The summed E-state index contributed by atoms with van der Waals surface area (Å²) in [5.41, 5.74) is 4.81.